The molecular weight excluding hydrogens is 286 g/mol. The number of methoxy groups -OCH3 is 1. The highest BCUT2D eigenvalue weighted by molar-refractivity contribution is 5.98. The third-order valence-electron chi connectivity index (χ3n) is 3.91. The summed E-state index contributed by atoms with van der Waals surface area (Å²) < 4.78 is 4.67. The number of unbranched alkanes of at least 4 members (excludes halogenated alkanes) is 1. The van der Waals surface area contributed by atoms with Crippen LogP contribution in [-0.4, -0.2) is 35.5 Å². The van der Waals surface area contributed by atoms with E-state index < -0.39 is 11.9 Å². The highest BCUT2D eigenvalue weighted by Crippen LogP contribution is 2.23. The molecule has 1 aromatic heterocycles. The molecule has 1 amide bonds. The van der Waals surface area contributed by atoms with Crippen molar-refractivity contribution in [1.82, 2.24) is 9.97 Å². The lowest BCUT2D eigenvalue weighted by molar-refractivity contribution is -0.145. The van der Waals surface area contributed by atoms with Crippen molar-refractivity contribution in [2.45, 2.75) is 39.5 Å². The third-order valence-corrected chi connectivity index (χ3v) is 3.91. The standard InChI is InChI=1S/C15H21N3O4/c1-4-5-6-11-9(2)16-15(17-13(11)20)18-8-10(7-12(18)19)14(21)22-3/h10H,4-8H2,1-3H3,(H,16,17,20). The van der Waals surface area contributed by atoms with Crippen LogP contribution in [0.1, 0.15) is 37.4 Å². The topological polar surface area (TPSA) is 92.4 Å². The largest absolute Gasteiger partial charge is 0.469 e. The van der Waals surface area contributed by atoms with Crippen molar-refractivity contribution >= 4 is 17.8 Å². The number of aromatic nitrogens is 2. The van der Waals surface area contributed by atoms with Gasteiger partial charge in [-0.2, -0.15) is 0 Å². The van der Waals surface area contributed by atoms with Crippen molar-refractivity contribution in [3.05, 3.63) is 21.6 Å². The molecule has 0 spiro atoms. The smallest absolute Gasteiger partial charge is 0.311 e. The number of ether oxygens (including phenoxy) is 1. The van der Waals surface area contributed by atoms with Gasteiger partial charge >= 0.3 is 5.97 Å². The van der Waals surface area contributed by atoms with E-state index in [1.54, 1.807) is 6.92 Å². The van der Waals surface area contributed by atoms with Gasteiger partial charge in [-0.15, -0.1) is 0 Å². The van der Waals surface area contributed by atoms with Crippen LogP contribution in [0.4, 0.5) is 5.95 Å². The molecule has 1 aromatic rings. The van der Waals surface area contributed by atoms with Crippen molar-refractivity contribution in [3.8, 4) is 0 Å². The number of nitrogens with one attached hydrogen (secondary N) is 1. The molecule has 2 rings (SSSR count). The first-order chi connectivity index (χ1) is 10.5. The number of anilines is 1. The van der Waals surface area contributed by atoms with Crippen LogP contribution in [0.25, 0.3) is 0 Å². The Balaban J connectivity index is 2.25. The SMILES string of the molecule is CCCCc1c(C)nc(N2CC(C(=O)OC)CC2=O)[nH]c1=O. The summed E-state index contributed by atoms with van der Waals surface area (Å²) >= 11 is 0. The van der Waals surface area contributed by atoms with Gasteiger partial charge in [0.25, 0.3) is 5.56 Å². The molecule has 1 N–H and O–H groups in total. The predicted molar refractivity (Wildman–Crippen MR) is 80.7 cm³/mol. The molecule has 0 bridgehead atoms. The van der Waals surface area contributed by atoms with Crippen LogP contribution in [0, 0.1) is 12.8 Å². The van der Waals surface area contributed by atoms with Crippen molar-refractivity contribution in [3.63, 3.8) is 0 Å². The number of hydrogen-bond donors (Lipinski definition) is 1. The lowest BCUT2D eigenvalue weighted by atomic mass is 10.1. The Morgan fingerprint density at radius 1 is 1.45 bits per heavy atom. The second-order valence-electron chi connectivity index (χ2n) is 5.49. The lowest BCUT2D eigenvalue weighted by Gasteiger charge is -2.16. The van der Waals surface area contributed by atoms with E-state index in [1.807, 2.05) is 0 Å². The van der Waals surface area contributed by atoms with E-state index in [1.165, 1.54) is 12.0 Å². The van der Waals surface area contributed by atoms with Gasteiger partial charge in [-0.3, -0.25) is 24.3 Å². The maximum Gasteiger partial charge on any atom is 0.311 e. The summed E-state index contributed by atoms with van der Waals surface area (Å²) in [6.07, 6.45) is 2.65. The van der Waals surface area contributed by atoms with E-state index >= 15 is 0 Å². The highest BCUT2D eigenvalue weighted by atomic mass is 16.5. The number of H-pyrrole nitrogens is 1. The summed E-state index contributed by atoms with van der Waals surface area (Å²) in [5.41, 5.74) is 1.06. The van der Waals surface area contributed by atoms with Crippen molar-refractivity contribution < 1.29 is 14.3 Å². The van der Waals surface area contributed by atoms with E-state index in [4.69, 9.17) is 0 Å². The van der Waals surface area contributed by atoms with Gasteiger partial charge in [0.2, 0.25) is 11.9 Å². The molecule has 0 aromatic carbocycles. The fourth-order valence-electron chi connectivity index (χ4n) is 2.61. The third kappa shape index (κ3) is 3.18. The van der Waals surface area contributed by atoms with Crippen LogP contribution in [0.2, 0.25) is 0 Å². The average molecular weight is 307 g/mol. The summed E-state index contributed by atoms with van der Waals surface area (Å²) in [6, 6.07) is 0. The van der Waals surface area contributed by atoms with Gasteiger partial charge in [0.15, 0.2) is 0 Å². The number of hydrogen-bond acceptors (Lipinski definition) is 5. The van der Waals surface area contributed by atoms with Gasteiger partial charge in [-0.25, -0.2) is 4.98 Å². The Labute approximate surface area is 128 Å². The maximum absolute atomic E-state index is 12.2. The second kappa shape index (κ2) is 6.72. The molecule has 2 heterocycles. The summed E-state index contributed by atoms with van der Waals surface area (Å²) in [5, 5.41) is 0. The molecule has 7 nitrogen and oxygen atoms in total. The van der Waals surface area contributed by atoms with E-state index in [9.17, 15) is 14.4 Å². The zero-order chi connectivity index (χ0) is 16.3. The number of nitrogens with zero attached hydrogens (tertiary/aromatic N) is 2. The van der Waals surface area contributed by atoms with Gasteiger partial charge in [0.1, 0.15) is 0 Å². The van der Waals surface area contributed by atoms with Crippen LogP contribution < -0.4 is 10.5 Å². The minimum Gasteiger partial charge on any atom is -0.469 e. The van der Waals surface area contributed by atoms with Gasteiger partial charge in [-0.05, 0) is 19.8 Å². The van der Waals surface area contributed by atoms with Gasteiger partial charge in [0, 0.05) is 24.2 Å². The van der Waals surface area contributed by atoms with E-state index in [0.717, 1.165) is 12.8 Å². The number of esters is 1. The Bertz CT molecular complexity index is 638. The summed E-state index contributed by atoms with van der Waals surface area (Å²) in [7, 11) is 1.29. The van der Waals surface area contributed by atoms with E-state index in [0.29, 0.717) is 17.7 Å². The normalized spacial score (nSPS) is 17.9. The minimum atomic E-state index is -0.511. The Kier molecular flexibility index (Phi) is 4.95. The summed E-state index contributed by atoms with van der Waals surface area (Å²) in [5.74, 6) is -0.962. The Morgan fingerprint density at radius 3 is 2.77 bits per heavy atom. The lowest BCUT2D eigenvalue weighted by Crippen LogP contribution is -2.31. The van der Waals surface area contributed by atoms with Crippen LogP contribution in [0.5, 0.6) is 0 Å². The molecule has 1 aliphatic heterocycles. The van der Waals surface area contributed by atoms with Crippen molar-refractivity contribution in [2.75, 3.05) is 18.6 Å². The molecule has 0 aliphatic carbocycles. The van der Waals surface area contributed by atoms with Gasteiger partial charge in [-0.1, -0.05) is 13.3 Å². The van der Waals surface area contributed by atoms with Crippen LogP contribution in [0.15, 0.2) is 4.79 Å². The first kappa shape index (κ1) is 16.2. The molecule has 0 radical (unpaired) electrons. The van der Waals surface area contributed by atoms with Crippen LogP contribution in [0.3, 0.4) is 0 Å². The first-order valence-corrected chi connectivity index (χ1v) is 7.45. The fraction of sp³-hybridized carbons (Fsp3) is 0.600. The molecule has 0 saturated carbocycles. The quantitative estimate of drug-likeness (QED) is 0.818. The maximum atomic E-state index is 12.2. The molecule has 1 fully saturated rings. The molecule has 7 heteroatoms. The van der Waals surface area contributed by atoms with Crippen molar-refractivity contribution in [1.29, 1.82) is 0 Å². The molecule has 1 unspecified atom stereocenters. The molecule has 1 aliphatic rings. The summed E-state index contributed by atoms with van der Waals surface area (Å²) in [4.78, 5) is 44.1. The number of aromatic amines is 1. The van der Waals surface area contributed by atoms with Crippen molar-refractivity contribution in [2.24, 2.45) is 5.92 Å². The molecule has 1 atom stereocenters. The highest BCUT2D eigenvalue weighted by Gasteiger charge is 2.37. The van der Waals surface area contributed by atoms with E-state index in [2.05, 4.69) is 21.6 Å². The minimum absolute atomic E-state index is 0.0764. The number of carbonyl (C=O) groups excluding carboxylic acids is 2. The molecule has 1 saturated heterocycles. The number of aryl methyl sites for hydroxylation is 1. The fourth-order valence-corrected chi connectivity index (χ4v) is 2.61. The zero-order valence-electron chi connectivity index (χ0n) is 13.1. The molecule has 120 valence electrons. The van der Waals surface area contributed by atoms with Gasteiger partial charge in [0.05, 0.1) is 13.0 Å². The Hall–Kier alpha value is -2.18. The van der Waals surface area contributed by atoms with Crippen LogP contribution >= 0.6 is 0 Å². The number of amides is 1. The average Bonchev–Trinajstić information content (AvgIpc) is 2.87. The van der Waals surface area contributed by atoms with Gasteiger partial charge < -0.3 is 4.74 Å². The molecule has 22 heavy (non-hydrogen) atoms. The second-order valence-corrected chi connectivity index (χ2v) is 5.49. The Morgan fingerprint density at radius 2 is 2.18 bits per heavy atom. The number of carbonyl (C=O) groups is 2. The number of rotatable bonds is 5. The monoisotopic (exact) mass is 307 g/mol. The first-order valence-electron chi connectivity index (χ1n) is 7.45. The molecular formula is C15H21N3O4. The summed E-state index contributed by atoms with van der Waals surface area (Å²) in [6.45, 7) is 4.01. The zero-order valence-corrected chi connectivity index (χ0v) is 13.1. The van der Waals surface area contributed by atoms with Crippen LogP contribution in [-0.2, 0) is 20.7 Å². The van der Waals surface area contributed by atoms with E-state index in [-0.39, 0.29) is 30.4 Å². The predicted octanol–water partition coefficient (Wildman–Crippen LogP) is 0.947.